The lowest BCUT2D eigenvalue weighted by molar-refractivity contribution is -0.134. The van der Waals surface area contributed by atoms with Crippen molar-refractivity contribution in [3.8, 4) is 0 Å². The molecule has 2 rings (SSSR count). The zero-order chi connectivity index (χ0) is 14.8. The van der Waals surface area contributed by atoms with E-state index in [1.54, 1.807) is 26.2 Å². The lowest BCUT2D eigenvalue weighted by Gasteiger charge is -2.39. The smallest absolute Gasteiger partial charge is 0.335 e. The standard InChI is InChI=1S/C15H19NO4/c1-10-8-11(4-5-12(10)13(17)18)16-14(19)15(9-20-2)6-3-7-15/h4-5,8H,3,6-7,9H2,1-2H3,(H,16,19)(H,17,18). The van der Waals surface area contributed by atoms with Gasteiger partial charge >= 0.3 is 5.97 Å². The van der Waals surface area contributed by atoms with Gasteiger partial charge in [-0.25, -0.2) is 4.79 Å². The number of carboxylic acids is 1. The summed E-state index contributed by atoms with van der Waals surface area (Å²) in [5, 5.41) is 11.8. The molecule has 5 nitrogen and oxygen atoms in total. The highest BCUT2D eigenvalue weighted by molar-refractivity contribution is 5.97. The van der Waals surface area contributed by atoms with Gasteiger partial charge in [0.25, 0.3) is 0 Å². The fourth-order valence-electron chi connectivity index (χ4n) is 2.56. The highest BCUT2D eigenvalue weighted by atomic mass is 16.5. The van der Waals surface area contributed by atoms with Gasteiger partial charge < -0.3 is 15.2 Å². The van der Waals surface area contributed by atoms with Crippen LogP contribution in [0, 0.1) is 12.3 Å². The van der Waals surface area contributed by atoms with E-state index in [0.717, 1.165) is 19.3 Å². The molecule has 0 spiro atoms. The van der Waals surface area contributed by atoms with Gasteiger partial charge in [0.2, 0.25) is 5.91 Å². The van der Waals surface area contributed by atoms with Gasteiger partial charge in [0.15, 0.2) is 0 Å². The zero-order valence-electron chi connectivity index (χ0n) is 11.7. The van der Waals surface area contributed by atoms with Gasteiger partial charge in [-0.1, -0.05) is 6.42 Å². The quantitative estimate of drug-likeness (QED) is 0.866. The van der Waals surface area contributed by atoms with Gasteiger partial charge in [-0.3, -0.25) is 4.79 Å². The third-order valence-corrected chi connectivity index (χ3v) is 3.93. The van der Waals surface area contributed by atoms with E-state index < -0.39 is 11.4 Å². The molecule has 0 bridgehead atoms. The number of rotatable bonds is 5. The molecule has 2 N–H and O–H groups in total. The van der Waals surface area contributed by atoms with E-state index in [1.807, 2.05) is 0 Å². The maximum atomic E-state index is 12.3. The van der Waals surface area contributed by atoms with Gasteiger partial charge in [0, 0.05) is 12.8 Å². The fraction of sp³-hybridized carbons (Fsp3) is 0.467. The van der Waals surface area contributed by atoms with Gasteiger partial charge in [0.1, 0.15) is 0 Å². The number of anilines is 1. The second-order valence-corrected chi connectivity index (χ2v) is 5.36. The first-order valence-electron chi connectivity index (χ1n) is 6.63. The summed E-state index contributed by atoms with van der Waals surface area (Å²) in [6.45, 7) is 2.14. The van der Waals surface area contributed by atoms with Crippen LogP contribution in [0.3, 0.4) is 0 Å². The normalized spacial score (nSPS) is 16.3. The average molecular weight is 277 g/mol. The number of aromatic carboxylic acids is 1. The molecular weight excluding hydrogens is 258 g/mol. The van der Waals surface area contributed by atoms with Crippen molar-refractivity contribution < 1.29 is 19.4 Å². The molecule has 0 heterocycles. The minimum absolute atomic E-state index is 0.0481. The Morgan fingerprint density at radius 3 is 2.55 bits per heavy atom. The highest BCUT2D eigenvalue weighted by Crippen LogP contribution is 2.42. The number of methoxy groups -OCH3 is 1. The van der Waals surface area contributed by atoms with Gasteiger partial charge in [-0.05, 0) is 43.5 Å². The van der Waals surface area contributed by atoms with E-state index in [9.17, 15) is 9.59 Å². The second kappa shape index (κ2) is 5.63. The molecule has 1 aromatic carbocycles. The van der Waals surface area contributed by atoms with Crippen LogP contribution in [-0.4, -0.2) is 30.7 Å². The van der Waals surface area contributed by atoms with Crippen molar-refractivity contribution in [1.82, 2.24) is 0 Å². The molecule has 0 aliphatic heterocycles. The van der Waals surface area contributed by atoms with Crippen LogP contribution in [0.5, 0.6) is 0 Å². The van der Waals surface area contributed by atoms with E-state index in [-0.39, 0.29) is 11.5 Å². The second-order valence-electron chi connectivity index (χ2n) is 5.36. The molecule has 0 saturated heterocycles. The Balaban J connectivity index is 2.12. The Morgan fingerprint density at radius 2 is 2.10 bits per heavy atom. The first kappa shape index (κ1) is 14.5. The predicted molar refractivity (Wildman–Crippen MR) is 74.9 cm³/mol. The van der Waals surface area contributed by atoms with E-state index in [0.29, 0.717) is 17.9 Å². The summed E-state index contributed by atoms with van der Waals surface area (Å²) in [6.07, 6.45) is 2.70. The number of hydrogen-bond donors (Lipinski definition) is 2. The topological polar surface area (TPSA) is 75.6 Å². The maximum absolute atomic E-state index is 12.3. The Hall–Kier alpha value is -1.88. The Labute approximate surface area is 117 Å². The van der Waals surface area contributed by atoms with Crippen molar-refractivity contribution in [3.63, 3.8) is 0 Å². The van der Waals surface area contributed by atoms with Gasteiger partial charge in [0.05, 0.1) is 17.6 Å². The van der Waals surface area contributed by atoms with Crippen LogP contribution in [0.25, 0.3) is 0 Å². The van der Waals surface area contributed by atoms with Crippen molar-refractivity contribution in [2.24, 2.45) is 5.41 Å². The van der Waals surface area contributed by atoms with Crippen molar-refractivity contribution in [1.29, 1.82) is 0 Å². The van der Waals surface area contributed by atoms with E-state index in [4.69, 9.17) is 9.84 Å². The van der Waals surface area contributed by atoms with Crippen LogP contribution in [0.15, 0.2) is 18.2 Å². The molecule has 1 fully saturated rings. The van der Waals surface area contributed by atoms with Crippen LogP contribution in [0.1, 0.15) is 35.2 Å². The molecule has 1 amide bonds. The number of carbonyl (C=O) groups is 2. The van der Waals surface area contributed by atoms with Crippen molar-refractivity contribution in [2.75, 3.05) is 19.0 Å². The molecule has 0 unspecified atom stereocenters. The SMILES string of the molecule is COCC1(C(=O)Nc2ccc(C(=O)O)c(C)c2)CCC1. The number of hydrogen-bond acceptors (Lipinski definition) is 3. The summed E-state index contributed by atoms with van der Waals surface area (Å²) in [5.41, 5.74) is 1.08. The van der Waals surface area contributed by atoms with Crippen LogP contribution in [0.4, 0.5) is 5.69 Å². The summed E-state index contributed by atoms with van der Waals surface area (Å²) in [4.78, 5) is 23.3. The summed E-state index contributed by atoms with van der Waals surface area (Å²) < 4.78 is 5.14. The molecular formula is C15H19NO4. The van der Waals surface area contributed by atoms with Crippen molar-refractivity contribution >= 4 is 17.6 Å². The van der Waals surface area contributed by atoms with Crippen molar-refractivity contribution in [2.45, 2.75) is 26.2 Å². The number of carbonyl (C=O) groups excluding carboxylic acids is 1. The predicted octanol–water partition coefficient (Wildman–Crippen LogP) is 2.45. The number of amides is 1. The maximum Gasteiger partial charge on any atom is 0.335 e. The molecule has 20 heavy (non-hydrogen) atoms. The highest BCUT2D eigenvalue weighted by Gasteiger charge is 2.44. The number of ether oxygens (including phenoxy) is 1. The minimum atomic E-state index is -0.963. The fourth-order valence-corrected chi connectivity index (χ4v) is 2.56. The lowest BCUT2D eigenvalue weighted by Crippen LogP contribution is -2.45. The molecule has 1 aliphatic rings. The van der Waals surface area contributed by atoms with Crippen LogP contribution < -0.4 is 5.32 Å². The monoisotopic (exact) mass is 277 g/mol. The van der Waals surface area contributed by atoms with E-state index in [1.165, 1.54) is 6.07 Å². The molecule has 1 aliphatic carbocycles. The number of aryl methyl sites for hydroxylation is 1. The molecule has 0 aromatic heterocycles. The van der Waals surface area contributed by atoms with E-state index >= 15 is 0 Å². The number of benzene rings is 1. The molecule has 0 radical (unpaired) electrons. The third kappa shape index (κ3) is 2.67. The third-order valence-electron chi connectivity index (χ3n) is 3.93. The largest absolute Gasteiger partial charge is 0.478 e. The van der Waals surface area contributed by atoms with E-state index in [2.05, 4.69) is 5.32 Å². The molecule has 1 saturated carbocycles. The van der Waals surface area contributed by atoms with Crippen LogP contribution in [-0.2, 0) is 9.53 Å². The summed E-state index contributed by atoms with van der Waals surface area (Å²) in [7, 11) is 1.60. The van der Waals surface area contributed by atoms with Crippen molar-refractivity contribution in [3.05, 3.63) is 29.3 Å². The Bertz CT molecular complexity index is 535. The number of carboxylic acid groups (broad SMARTS) is 1. The molecule has 1 aromatic rings. The van der Waals surface area contributed by atoms with Crippen LogP contribution in [0.2, 0.25) is 0 Å². The summed E-state index contributed by atoms with van der Waals surface area (Å²) in [6, 6.07) is 4.81. The number of nitrogens with one attached hydrogen (secondary N) is 1. The molecule has 5 heteroatoms. The minimum Gasteiger partial charge on any atom is -0.478 e. The zero-order valence-corrected chi connectivity index (χ0v) is 11.7. The average Bonchev–Trinajstić information content (AvgIpc) is 2.33. The lowest BCUT2D eigenvalue weighted by atomic mass is 9.68. The molecule has 108 valence electrons. The van der Waals surface area contributed by atoms with Gasteiger partial charge in [-0.15, -0.1) is 0 Å². The van der Waals surface area contributed by atoms with Gasteiger partial charge in [-0.2, -0.15) is 0 Å². The Kier molecular flexibility index (Phi) is 4.09. The van der Waals surface area contributed by atoms with Crippen LogP contribution >= 0.6 is 0 Å². The Morgan fingerprint density at radius 1 is 1.40 bits per heavy atom. The molecule has 0 atom stereocenters. The summed E-state index contributed by atoms with van der Waals surface area (Å²) >= 11 is 0. The first-order chi connectivity index (χ1) is 9.48. The summed E-state index contributed by atoms with van der Waals surface area (Å²) in [5.74, 6) is -1.01. The first-order valence-corrected chi connectivity index (χ1v) is 6.63.